The number of amides is 4. The van der Waals surface area contributed by atoms with E-state index in [1.165, 1.54) is 0 Å². The molecule has 0 spiro atoms. The van der Waals surface area contributed by atoms with Crippen LogP contribution in [0.15, 0.2) is 130 Å². The highest BCUT2D eigenvalue weighted by Gasteiger charge is 2.24. The maximum atomic E-state index is 13.5. The summed E-state index contributed by atoms with van der Waals surface area (Å²) >= 11 is 0. The van der Waals surface area contributed by atoms with Gasteiger partial charge in [0.1, 0.15) is 12.1 Å². The molecule has 0 fully saturated rings. The molecule has 0 bridgehead atoms. The third-order valence-corrected chi connectivity index (χ3v) is 8.29. The Hall–Kier alpha value is -7.36. The Morgan fingerprint density at radius 1 is 0.482 bits per heavy atom. The molecule has 12 N–H and O–H groups in total. The molecule has 2 atom stereocenters. The SMILES string of the molecule is C/C(=N\N=C(N)N)c1ccc(C(=O)N[C@@H](Cc2ccccc2)C(=O)NCCNC(=O)[C@H](Cc2ccccc2)NC(=O)c2ccc(/C(C)=N/N=C(N)N)cc2)cc1. The Balaban J connectivity index is 1.39. The van der Waals surface area contributed by atoms with Crippen molar-refractivity contribution in [3.8, 4) is 0 Å². The summed E-state index contributed by atoms with van der Waals surface area (Å²) in [4.78, 5) is 53.5. The minimum absolute atomic E-state index is 0.0586. The van der Waals surface area contributed by atoms with Gasteiger partial charge >= 0.3 is 0 Å². The van der Waals surface area contributed by atoms with E-state index >= 15 is 0 Å². The second-order valence-corrected chi connectivity index (χ2v) is 12.6. The van der Waals surface area contributed by atoms with Crippen molar-refractivity contribution >= 4 is 47.0 Å². The quantitative estimate of drug-likeness (QED) is 0.0336. The Labute approximate surface area is 324 Å². The van der Waals surface area contributed by atoms with E-state index in [1.54, 1.807) is 62.4 Å². The van der Waals surface area contributed by atoms with Gasteiger partial charge in [0.05, 0.1) is 11.4 Å². The summed E-state index contributed by atoms with van der Waals surface area (Å²) in [6.45, 7) is 3.56. The first-order valence-electron chi connectivity index (χ1n) is 17.6. The van der Waals surface area contributed by atoms with Crippen LogP contribution >= 0.6 is 0 Å². The average Bonchev–Trinajstić information content (AvgIpc) is 3.20. The van der Waals surface area contributed by atoms with Crippen LogP contribution in [-0.4, -0.2) is 72.1 Å². The first kappa shape index (κ1) is 41.4. The minimum atomic E-state index is -0.927. The number of guanidine groups is 2. The first-order valence-corrected chi connectivity index (χ1v) is 17.6. The number of nitrogens with zero attached hydrogens (tertiary/aromatic N) is 4. The van der Waals surface area contributed by atoms with Crippen LogP contribution in [-0.2, 0) is 22.4 Å². The molecule has 4 amide bonds. The summed E-state index contributed by atoms with van der Waals surface area (Å²) in [6.07, 6.45) is 0.448. The fourth-order valence-electron chi connectivity index (χ4n) is 5.33. The number of hydrogen-bond donors (Lipinski definition) is 8. The van der Waals surface area contributed by atoms with Gasteiger partial charge in [-0.1, -0.05) is 84.9 Å². The number of rotatable bonds is 17. The molecule has 0 aliphatic heterocycles. The lowest BCUT2D eigenvalue weighted by molar-refractivity contribution is -0.124. The van der Waals surface area contributed by atoms with Gasteiger partial charge in [-0.25, -0.2) is 0 Å². The van der Waals surface area contributed by atoms with E-state index in [1.807, 2.05) is 60.7 Å². The maximum absolute atomic E-state index is 13.5. The van der Waals surface area contributed by atoms with Crippen LogP contribution in [0.4, 0.5) is 0 Å². The van der Waals surface area contributed by atoms with Gasteiger partial charge in [-0.15, -0.1) is 10.2 Å². The predicted octanol–water partition coefficient (Wildman–Crippen LogP) is 1.30. The van der Waals surface area contributed by atoms with E-state index in [9.17, 15) is 19.2 Å². The smallest absolute Gasteiger partial charge is 0.251 e. The van der Waals surface area contributed by atoms with Crippen LogP contribution < -0.4 is 44.2 Å². The third-order valence-electron chi connectivity index (χ3n) is 8.29. The molecule has 0 unspecified atom stereocenters. The molecule has 16 heteroatoms. The summed E-state index contributed by atoms with van der Waals surface area (Å²) in [7, 11) is 0. The third kappa shape index (κ3) is 13.2. The Morgan fingerprint density at radius 2 is 0.804 bits per heavy atom. The van der Waals surface area contributed by atoms with Crippen molar-refractivity contribution in [3.05, 3.63) is 143 Å². The molecule has 0 saturated carbocycles. The molecule has 290 valence electrons. The van der Waals surface area contributed by atoms with Crippen LogP contribution in [0.3, 0.4) is 0 Å². The minimum Gasteiger partial charge on any atom is -0.369 e. The molecular weight excluding hydrogens is 713 g/mol. The van der Waals surface area contributed by atoms with Gasteiger partial charge in [0, 0.05) is 37.1 Å². The fraction of sp³-hybridized carbons (Fsp3) is 0.200. The van der Waals surface area contributed by atoms with Crippen molar-refractivity contribution in [2.75, 3.05) is 13.1 Å². The Morgan fingerprint density at radius 3 is 1.12 bits per heavy atom. The second-order valence-electron chi connectivity index (χ2n) is 12.6. The summed E-state index contributed by atoms with van der Waals surface area (Å²) in [6, 6.07) is 29.9. The van der Waals surface area contributed by atoms with Crippen molar-refractivity contribution in [1.29, 1.82) is 0 Å². The average molecular weight is 759 g/mol. The van der Waals surface area contributed by atoms with Crippen LogP contribution in [0.1, 0.15) is 56.8 Å². The maximum Gasteiger partial charge on any atom is 0.251 e. The van der Waals surface area contributed by atoms with Crippen molar-refractivity contribution < 1.29 is 19.2 Å². The number of nitrogens with two attached hydrogens (primary N) is 4. The van der Waals surface area contributed by atoms with Crippen LogP contribution in [0.2, 0.25) is 0 Å². The van der Waals surface area contributed by atoms with E-state index < -0.39 is 35.7 Å². The molecule has 0 aliphatic carbocycles. The first-order chi connectivity index (χ1) is 26.9. The summed E-state index contributed by atoms with van der Waals surface area (Å²) in [5.41, 5.74) is 26.2. The zero-order valence-electron chi connectivity index (χ0n) is 31.1. The molecular formula is C40H46N12O4. The van der Waals surface area contributed by atoms with Gasteiger partial charge < -0.3 is 44.2 Å². The van der Waals surface area contributed by atoms with Crippen LogP contribution in [0.5, 0.6) is 0 Å². The Bertz CT molecular complexity index is 1920. The van der Waals surface area contributed by atoms with Crippen molar-refractivity contribution in [3.63, 3.8) is 0 Å². The molecule has 0 saturated heterocycles. The van der Waals surface area contributed by atoms with Gasteiger partial charge in [-0.3, -0.25) is 19.2 Å². The van der Waals surface area contributed by atoms with E-state index in [0.29, 0.717) is 33.7 Å². The number of hydrogen-bond acceptors (Lipinski definition) is 8. The lowest BCUT2D eigenvalue weighted by Crippen LogP contribution is -2.51. The highest BCUT2D eigenvalue weighted by Crippen LogP contribution is 2.11. The molecule has 0 aromatic heterocycles. The molecule has 4 aromatic rings. The van der Waals surface area contributed by atoms with Gasteiger partial charge in [0.25, 0.3) is 11.8 Å². The van der Waals surface area contributed by atoms with Crippen LogP contribution in [0.25, 0.3) is 0 Å². The highest BCUT2D eigenvalue weighted by atomic mass is 16.2. The molecule has 4 aromatic carbocycles. The van der Waals surface area contributed by atoms with Crippen molar-refractivity contribution in [2.24, 2.45) is 43.3 Å². The summed E-state index contributed by atoms with van der Waals surface area (Å²) < 4.78 is 0. The van der Waals surface area contributed by atoms with E-state index in [0.717, 1.165) is 11.1 Å². The normalized spacial score (nSPS) is 12.3. The van der Waals surface area contributed by atoms with Gasteiger partial charge in [0.2, 0.25) is 23.7 Å². The lowest BCUT2D eigenvalue weighted by Gasteiger charge is -2.20. The number of carbonyl (C=O) groups excluding carboxylic acids is 4. The summed E-state index contributed by atoms with van der Waals surface area (Å²) in [5.74, 6) is -2.14. The lowest BCUT2D eigenvalue weighted by atomic mass is 10.0. The zero-order chi connectivity index (χ0) is 40.5. The van der Waals surface area contributed by atoms with Gasteiger partial charge in [0.15, 0.2) is 0 Å². The number of carbonyl (C=O) groups is 4. The molecule has 0 heterocycles. The monoisotopic (exact) mass is 758 g/mol. The van der Waals surface area contributed by atoms with Crippen molar-refractivity contribution in [2.45, 2.75) is 38.8 Å². The highest BCUT2D eigenvalue weighted by molar-refractivity contribution is 6.02. The second kappa shape index (κ2) is 20.8. The van der Waals surface area contributed by atoms with Crippen molar-refractivity contribution in [1.82, 2.24) is 21.3 Å². The van der Waals surface area contributed by atoms with Gasteiger partial charge in [-0.05, 0) is 60.4 Å². The number of nitrogens with one attached hydrogen (secondary N) is 4. The predicted molar refractivity (Wildman–Crippen MR) is 218 cm³/mol. The fourth-order valence-corrected chi connectivity index (χ4v) is 5.33. The molecule has 4 rings (SSSR count). The summed E-state index contributed by atoms with van der Waals surface area (Å²) in [5, 5.41) is 26.5. The standard InChI is InChI=1S/C40H46N12O4/c1-25(49-51-39(41)42)29-13-17-31(18-14-29)35(53)47-33(23-27-9-5-3-6-10-27)37(55)45-21-22-46-38(56)34(24-28-11-7-4-8-12-28)48-36(54)32-19-15-30(16-20-32)26(2)50-52-40(43)44/h3-20,33-34H,21-24H2,1-2H3,(H,45,55)(H,46,56)(H,47,53)(H,48,54)(H4,41,42,51)(H4,43,44,52)/b49-25+,50-26+/t33-,34-/m0/s1. The van der Waals surface area contributed by atoms with E-state index in [2.05, 4.69) is 41.7 Å². The number of benzene rings is 4. The molecule has 56 heavy (non-hydrogen) atoms. The Kier molecular flexibility index (Phi) is 15.4. The largest absolute Gasteiger partial charge is 0.369 e. The molecule has 0 aliphatic rings. The topological polar surface area (TPSA) is 270 Å². The molecule has 16 nitrogen and oxygen atoms in total. The van der Waals surface area contributed by atoms with E-state index in [4.69, 9.17) is 22.9 Å². The molecule has 0 radical (unpaired) electrons. The zero-order valence-corrected chi connectivity index (χ0v) is 31.1. The van der Waals surface area contributed by atoms with Crippen LogP contribution in [0, 0.1) is 0 Å². The van der Waals surface area contributed by atoms with Gasteiger partial charge in [-0.2, -0.15) is 10.2 Å². The van der Waals surface area contributed by atoms with E-state index in [-0.39, 0.29) is 37.9 Å².